The first-order valence-electron chi connectivity index (χ1n) is 5.57. The van der Waals surface area contributed by atoms with E-state index in [1.807, 2.05) is 24.4 Å². The van der Waals surface area contributed by atoms with E-state index in [9.17, 15) is 10.1 Å². The minimum absolute atomic E-state index is 0.0202. The predicted octanol–water partition coefficient (Wildman–Crippen LogP) is 3.45. The molecule has 0 aliphatic carbocycles. The fourth-order valence-electron chi connectivity index (χ4n) is 1.67. The van der Waals surface area contributed by atoms with E-state index < -0.39 is 4.92 Å². The lowest BCUT2D eigenvalue weighted by Crippen LogP contribution is -2.02. The Balaban J connectivity index is 2.25. The van der Waals surface area contributed by atoms with Crippen LogP contribution in [0, 0.1) is 28.4 Å². The molecule has 0 radical (unpaired) electrons. The third-order valence-corrected chi connectivity index (χ3v) is 3.75. The van der Waals surface area contributed by atoms with Crippen molar-refractivity contribution in [1.82, 2.24) is 0 Å². The molecule has 1 heterocycles. The predicted molar refractivity (Wildman–Crippen MR) is 74.2 cm³/mol. The van der Waals surface area contributed by atoms with E-state index in [1.165, 1.54) is 18.2 Å². The highest BCUT2D eigenvalue weighted by atomic mass is 32.1. The molecule has 2 aromatic rings. The first-order valence-corrected chi connectivity index (χ1v) is 6.45. The maximum atomic E-state index is 10.9. The number of hydrogen-bond donors (Lipinski definition) is 1. The second kappa shape index (κ2) is 5.50. The number of nitrogens with zero attached hydrogens (tertiary/aromatic N) is 2. The maximum Gasteiger partial charge on any atom is 0.292 e. The monoisotopic (exact) mass is 273 g/mol. The average molecular weight is 273 g/mol. The minimum atomic E-state index is -0.454. The molecule has 96 valence electrons. The van der Waals surface area contributed by atoms with Crippen LogP contribution in [0.4, 0.5) is 11.4 Å². The van der Waals surface area contributed by atoms with Gasteiger partial charge in [0.05, 0.1) is 16.6 Å². The molecular weight excluding hydrogens is 262 g/mol. The van der Waals surface area contributed by atoms with Crippen LogP contribution in [-0.2, 0) is 6.54 Å². The summed E-state index contributed by atoms with van der Waals surface area (Å²) in [6.07, 6.45) is 0. The molecule has 0 amide bonds. The van der Waals surface area contributed by atoms with Gasteiger partial charge in [-0.2, -0.15) is 5.26 Å². The molecule has 5 nitrogen and oxygen atoms in total. The normalized spacial score (nSPS) is 9.89. The Morgan fingerprint density at radius 1 is 1.47 bits per heavy atom. The molecular formula is C13H11N3O2S. The van der Waals surface area contributed by atoms with Gasteiger partial charge in [0.15, 0.2) is 0 Å². The molecule has 0 saturated carbocycles. The standard InChI is InChI=1S/C13H11N3O2S/c1-9-4-5-19-13(9)8-15-11-6-10(7-14)2-3-12(11)16(17)18/h2-6,15H,8H2,1H3. The molecule has 0 fully saturated rings. The lowest BCUT2D eigenvalue weighted by molar-refractivity contribution is -0.384. The van der Waals surface area contributed by atoms with Gasteiger partial charge in [-0.3, -0.25) is 10.1 Å². The fourth-order valence-corrected chi connectivity index (χ4v) is 2.51. The molecule has 0 bridgehead atoms. The molecule has 0 unspecified atom stereocenters. The topological polar surface area (TPSA) is 79.0 Å². The van der Waals surface area contributed by atoms with Gasteiger partial charge in [0.1, 0.15) is 5.69 Å². The second-order valence-corrected chi connectivity index (χ2v) is 4.98. The third kappa shape index (κ3) is 2.89. The van der Waals surface area contributed by atoms with Gasteiger partial charge in [0.25, 0.3) is 5.69 Å². The lowest BCUT2D eigenvalue weighted by atomic mass is 10.2. The Hall–Kier alpha value is -2.39. The van der Waals surface area contributed by atoms with Crippen LogP contribution >= 0.6 is 11.3 Å². The molecule has 0 spiro atoms. The van der Waals surface area contributed by atoms with E-state index in [4.69, 9.17) is 5.26 Å². The summed E-state index contributed by atoms with van der Waals surface area (Å²) < 4.78 is 0. The summed E-state index contributed by atoms with van der Waals surface area (Å²) in [7, 11) is 0. The molecule has 0 aliphatic heterocycles. The molecule has 0 atom stereocenters. The van der Waals surface area contributed by atoms with Gasteiger partial charge in [-0.1, -0.05) is 0 Å². The highest BCUT2D eigenvalue weighted by Gasteiger charge is 2.14. The first-order chi connectivity index (χ1) is 9.11. The van der Waals surface area contributed by atoms with E-state index in [2.05, 4.69) is 5.32 Å². The van der Waals surface area contributed by atoms with Crippen LogP contribution in [0.15, 0.2) is 29.6 Å². The quantitative estimate of drug-likeness (QED) is 0.683. The number of thiophene rings is 1. The summed E-state index contributed by atoms with van der Waals surface area (Å²) in [5.74, 6) is 0. The maximum absolute atomic E-state index is 10.9. The van der Waals surface area contributed by atoms with Crippen molar-refractivity contribution in [3.8, 4) is 6.07 Å². The molecule has 0 aliphatic rings. The number of hydrogen-bond acceptors (Lipinski definition) is 5. The van der Waals surface area contributed by atoms with Crippen molar-refractivity contribution in [2.75, 3.05) is 5.32 Å². The summed E-state index contributed by atoms with van der Waals surface area (Å²) in [6, 6.07) is 8.27. The van der Waals surface area contributed by atoms with Crippen molar-refractivity contribution < 1.29 is 4.92 Å². The fraction of sp³-hybridized carbons (Fsp3) is 0.154. The van der Waals surface area contributed by atoms with Gasteiger partial charge in [0, 0.05) is 17.5 Å². The molecule has 6 heteroatoms. The molecule has 1 N–H and O–H groups in total. The summed E-state index contributed by atoms with van der Waals surface area (Å²) in [5.41, 5.74) is 1.90. The van der Waals surface area contributed by atoms with Crippen LogP contribution in [0.25, 0.3) is 0 Å². The van der Waals surface area contributed by atoms with Crippen molar-refractivity contribution in [3.05, 3.63) is 55.8 Å². The Morgan fingerprint density at radius 2 is 2.26 bits per heavy atom. The van der Waals surface area contributed by atoms with E-state index >= 15 is 0 Å². The first kappa shape index (κ1) is 13.1. The minimum Gasteiger partial charge on any atom is -0.375 e. The van der Waals surface area contributed by atoms with Gasteiger partial charge in [-0.05, 0) is 36.1 Å². The number of benzene rings is 1. The van der Waals surface area contributed by atoms with Crippen molar-refractivity contribution >= 4 is 22.7 Å². The van der Waals surface area contributed by atoms with Crippen LogP contribution in [-0.4, -0.2) is 4.92 Å². The highest BCUT2D eigenvalue weighted by molar-refractivity contribution is 7.10. The summed E-state index contributed by atoms with van der Waals surface area (Å²) in [4.78, 5) is 11.6. The van der Waals surface area contributed by atoms with Gasteiger partial charge < -0.3 is 5.32 Å². The van der Waals surface area contributed by atoms with Crippen molar-refractivity contribution in [1.29, 1.82) is 5.26 Å². The van der Waals surface area contributed by atoms with Crippen molar-refractivity contribution in [2.45, 2.75) is 13.5 Å². The SMILES string of the molecule is Cc1ccsc1CNc1cc(C#N)ccc1[N+](=O)[O-]. The van der Waals surface area contributed by atoms with E-state index in [-0.39, 0.29) is 5.69 Å². The van der Waals surface area contributed by atoms with Crippen molar-refractivity contribution in [3.63, 3.8) is 0 Å². The zero-order valence-electron chi connectivity index (χ0n) is 10.2. The average Bonchev–Trinajstić information content (AvgIpc) is 2.81. The van der Waals surface area contributed by atoms with E-state index in [0.29, 0.717) is 17.8 Å². The van der Waals surface area contributed by atoms with Gasteiger partial charge in [-0.15, -0.1) is 11.3 Å². The zero-order valence-corrected chi connectivity index (χ0v) is 11.0. The van der Waals surface area contributed by atoms with Gasteiger partial charge in [0.2, 0.25) is 0 Å². The number of nitriles is 1. The van der Waals surface area contributed by atoms with Crippen molar-refractivity contribution in [2.24, 2.45) is 0 Å². The smallest absolute Gasteiger partial charge is 0.292 e. The second-order valence-electron chi connectivity index (χ2n) is 3.98. The Morgan fingerprint density at radius 3 is 2.84 bits per heavy atom. The van der Waals surface area contributed by atoms with E-state index in [1.54, 1.807) is 11.3 Å². The number of nitro groups is 1. The van der Waals surface area contributed by atoms with Crippen LogP contribution < -0.4 is 5.32 Å². The highest BCUT2D eigenvalue weighted by Crippen LogP contribution is 2.26. The Labute approximate surface area is 114 Å². The Kier molecular flexibility index (Phi) is 3.78. The number of nitro benzene ring substituents is 1. The molecule has 1 aromatic heterocycles. The summed E-state index contributed by atoms with van der Waals surface area (Å²) in [5, 5.41) is 24.8. The molecule has 0 saturated heterocycles. The number of nitrogens with one attached hydrogen (secondary N) is 1. The number of aryl methyl sites for hydroxylation is 1. The Bertz CT molecular complexity index is 658. The molecule has 19 heavy (non-hydrogen) atoms. The third-order valence-electron chi connectivity index (χ3n) is 2.73. The largest absolute Gasteiger partial charge is 0.375 e. The molecule has 1 aromatic carbocycles. The summed E-state index contributed by atoms with van der Waals surface area (Å²) in [6.45, 7) is 2.51. The zero-order chi connectivity index (χ0) is 13.8. The van der Waals surface area contributed by atoms with E-state index in [0.717, 1.165) is 10.4 Å². The van der Waals surface area contributed by atoms with Gasteiger partial charge >= 0.3 is 0 Å². The number of rotatable bonds is 4. The molecule has 2 rings (SSSR count). The van der Waals surface area contributed by atoms with Crippen LogP contribution in [0.1, 0.15) is 16.0 Å². The summed E-state index contributed by atoms with van der Waals surface area (Å²) >= 11 is 1.60. The van der Waals surface area contributed by atoms with Crippen LogP contribution in [0.2, 0.25) is 0 Å². The van der Waals surface area contributed by atoms with Crippen LogP contribution in [0.5, 0.6) is 0 Å². The lowest BCUT2D eigenvalue weighted by Gasteiger charge is -2.07. The van der Waals surface area contributed by atoms with Gasteiger partial charge in [-0.25, -0.2) is 0 Å². The number of anilines is 1. The van der Waals surface area contributed by atoms with Crippen LogP contribution in [0.3, 0.4) is 0 Å².